The van der Waals surface area contributed by atoms with Crippen molar-refractivity contribution in [3.8, 4) is 0 Å². The number of aromatic nitrogens is 2. The summed E-state index contributed by atoms with van der Waals surface area (Å²) < 4.78 is 32.0. The van der Waals surface area contributed by atoms with Crippen molar-refractivity contribution < 1.29 is 13.5 Å². The van der Waals surface area contributed by atoms with Gasteiger partial charge in [0.1, 0.15) is 5.82 Å². The van der Waals surface area contributed by atoms with Gasteiger partial charge in [-0.05, 0) is 12.3 Å². The second kappa shape index (κ2) is 5.52. The van der Waals surface area contributed by atoms with E-state index in [1.165, 1.54) is 0 Å². The van der Waals surface area contributed by atoms with Gasteiger partial charge in [-0.2, -0.15) is 0 Å². The molecule has 2 unspecified atom stereocenters. The minimum Gasteiger partial charge on any atom is -0.379 e. The Balaban J connectivity index is 1.92. The quantitative estimate of drug-likeness (QED) is 0.853. The van der Waals surface area contributed by atoms with Crippen molar-refractivity contribution in [3.05, 3.63) is 30.0 Å². The molecule has 1 aliphatic heterocycles. The van der Waals surface area contributed by atoms with Gasteiger partial charge >= 0.3 is 0 Å². The summed E-state index contributed by atoms with van der Waals surface area (Å²) in [6, 6.07) is 2.15. The summed E-state index contributed by atoms with van der Waals surface area (Å²) >= 11 is 0. The van der Waals surface area contributed by atoms with E-state index in [1.807, 2.05) is 0 Å². The number of ether oxygens (including phenoxy) is 1. The third-order valence-electron chi connectivity index (χ3n) is 4.09. The number of methoxy groups -OCH3 is 1. The summed E-state index contributed by atoms with van der Waals surface area (Å²) in [5.74, 6) is -0.652. The molecule has 0 spiro atoms. The van der Waals surface area contributed by atoms with Crippen LogP contribution in [0.2, 0.25) is 0 Å². The van der Waals surface area contributed by atoms with E-state index in [0.29, 0.717) is 22.8 Å². The molecule has 0 saturated carbocycles. The fourth-order valence-electron chi connectivity index (χ4n) is 2.70. The van der Waals surface area contributed by atoms with Crippen molar-refractivity contribution in [1.82, 2.24) is 9.97 Å². The van der Waals surface area contributed by atoms with Crippen LogP contribution >= 0.6 is 0 Å². The number of rotatable bonds is 2. The predicted molar refractivity (Wildman–Crippen MR) is 76.2 cm³/mol. The van der Waals surface area contributed by atoms with Crippen LogP contribution in [-0.2, 0) is 4.74 Å². The van der Waals surface area contributed by atoms with Crippen LogP contribution in [-0.4, -0.2) is 36.3 Å². The molecule has 1 aliphatic rings. The van der Waals surface area contributed by atoms with E-state index >= 15 is 0 Å². The molecule has 0 N–H and O–H groups in total. The molecule has 2 aromatic rings. The first-order chi connectivity index (χ1) is 10.1. The molecular weight excluding hydrogens is 276 g/mol. The number of piperidine rings is 1. The van der Waals surface area contributed by atoms with E-state index in [9.17, 15) is 8.78 Å². The molecule has 1 fully saturated rings. The van der Waals surface area contributed by atoms with E-state index in [2.05, 4.69) is 21.8 Å². The van der Waals surface area contributed by atoms with Gasteiger partial charge in [-0.15, -0.1) is 0 Å². The fourth-order valence-corrected chi connectivity index (χ4v) is 2.70. The topological polar surface area (TPSA) is 38.2 Å². The van der Waals surface area contributed by atoms with Crippen molar-refractivity contribution in [2.45, 2.75) is 19.4 Å². The maximum absolute atomic E-state index is 13.3. The highest BCUT2D eigenvalue weighted by Crippen LogP contribution is 2.25. The number of benzene rings is 1. The Hall–Kier alpha value is -1.82. The Morgan fingerprint density at radius 2 is 1.95 bits per heavy atom. The molecule has 0 aliphatic carbocycles. The second-order valence-electron chi connectivity index (χ2n) is 5.47. The van der Waals surface area contributed by atoms with Gasteiger partial charge in [0.05, 0.1) is 23.3 Å². The summed E-state index contributed by atoms with van der Waals surface area (Å²) in [7, 11) is 1.70. The lowest BCUT2D eigenvalue weighted by Gasteiger charge is -2.36. The van der Waals surface area contributed by atoms with Gasteiger partial charge in [-0.25, -0.2) is 13.8 Å². The Morgan fingerprint density at radius 3 is 2.67 bits per heavy atom. The SMILES string of the molecule is COC1CN(c2cnc3cc(F)c(F)cc3n2)CCC1C. The van der Waals surface area contributed by atoms with Crippen LogP contribution in [0.1, 0.15) is 13.3 Å². The van der Waals surface area contributed by atoms with Crippen molar-refractivity contribution in [2.24, 2.45) is 5.92 Å². The van der Waals surface area contributed by atoms with Crippen molar-refractivity contribution in [3.63, 3.8) is 0 Å². The smallest absolute Gasteiger partial charge is 0.161 e. The average Bonchev–Trinajstić information content (AvgIpc) is 2.48. The highest BCUT2D eigenvalue weighted by molar-refractivity contribution is 5.75. The monoisotopic (exact) mass is 293 g/mol. The van der Waals surface area contributed by atoms with E-state index in [4.69, 9.17) is 4.74 Å². The summed E-state index contributed by atoms with van der Waals surface area (Å²) in [6.07, 6.45) is 2.74. The van der Waals surface area contributed by atoms with E-state index in [-0.39, 0.29) is 6.10 Å². The fraction of sp³-hybridized carbons (Fsp3) is 0.467. The first-order valence-electron chi connectivity index (χ1n) is 6.98. The van der Waals surface area contributed by atoms with Gasteiger partial charge in [0, 0.05) is 32.3 Å². The average molecular weight is 293 g/mol. The molecule has 0 bridgehead atoms. The zero-order valence-electron chi connectivity index (χ0n) is 12.0. The molecule has 6 heteroatoms. The van der Waals surface area contributed by atoms with Crippen LogP contribution in [0.15, 0.2) is 18.3 Å². The Bertz CT molecular complexity index is 665. The molecular formula is C15H17F2N3O. The number of nitrogens with zero attached hydrogens (tertiary/aromatic N) is 3. The van der Waals surface area contributed by atoms with Crippen LogP contribution in [0.4, 0.5) is 14.6 Å². The highest BCUT2D eigenvalue weighted by atomic mass is 19.2. The lowest BCUT2D eigenvalue weighted by Crippen LogP contribution is -2.44. The molecule has 4 nitrogen and oxygen atoms in total. The van der Waals surface area contributed by atoms with Gasteiger partial charge in [0.15, 0.2) is 11.6 Å². The molecule has 21 heavy (non-hydrogen) atoms. The molecule has 3 rings (SSSR count). The normalized spacial score (nSPS) is 22.8. The summed E-state index contributed by atoms with van der Waals surface area (Å²) in [6.45, 7) is 3.74. The van der Waals surface area contributed by atoms with Crippen molar-refractivity contribution >= 4 is 16.9 Å². The van der Waals surface area contributed by atoms with Crippen LogP contribution < -0.4 is 4.90 Å². The Morgan fingerprint density at radius 1 is 1.24 bits per heavy atom. The number of anilines is 1. The molecule has 0 radical (unpaired) electrons. The van der Waals surface area contributed by atoms with Crippen molar-refractivity contribution in [2.75, 3.05) is 25.1 Å². The van der Waals surface area contributed by atoms with Gasteiger partial charge in [0.2, 0.25) is 0 Å². The molecule has 112 valence electrons. The third-order valence-corrected chi connectivity index (χ3v) is 4.09. The summed E-state index contributed by atoms with van der Waals surface area (Å²) in [4.78, 5) is 10.6. The first-order valence-corrected chi connectivity index (χ1v) is 6.98. The summed E-state index contributed by atoms with van der Waals surface area (Å²) in [5.41, 5.74) is 0.713. The minimum atomic E-state index is -0.907. The second-order valence-corrected chi connectivity index (χ2v) is 5.47. The van der Waals surface area contributed by atoms with E-state index in [0.717, 1.165) is 31.6 Å². The van der Waals surface area contributed by atoms with Gasteiger partial charge < -0.3 is 9.64 Å². The molecule has 2 atom stereocenters. The number of hydrogen-bond donors (Lipinski definition) is 0. The van der Waals surface area contributed by atoms with Crippen molar-refractivity contribution in [1.29, 1.82) is 0 Å². The van der Waals surface area contributed by atoms with Crippen LogP contribution in [0.25, 0.3) is 11.0 Å². The number of fused-ring (bicyclic) bond motifs is 1. The molecule has 1 aromatic heterocycles. The largest absolute Gasteiger partial charge is 0.379 e. The Labute approximate surface area is 121 Å². The first kappa shape index (κ1) is 14.1. The minimum absolute atomic E-state index is 0.140. The maximum atomic E-state index is 13.3. The van der Waals surface area contributed by atoms with E-state index < -0.39 is 11.6 Å². The molecule has 1 aromatic carbocycles. The lowest BCUT2D eigenvalue weighted by atomic mass is 9.96. The van der Waals surface area contributed by atoms with Gasteiger partial charge in [-0.3, -0.25) is 4.98 Å². The molecule has 0 amide bonds. The predicted octanol–water partition coefficient (Wildman–Crippen LogP) is 2.77. The number of hydrogen-bond acceptors (Lipinski definition) is 4. The van der Waals surface area contributed by atoms with Crippen LogP contribution in [0, 0.1) is 17.6 Å². The van der Waals surface area contributed by atoms with Crippen LogP contribution in [0.3, 0.4) is 0 Å². The van der Waals surface area contributed by atoms with Gasteiger partial charge in [0.25, 0.3) is 0 Å². The highest BCUT2D eigenvalue weighted by Gasteiger charge is 2.27. The molecule has 2 heterocycles. The Kier molecular flexibility index (Phi) is 3.71. The van der Waals surface area contributed by atoms with E-state index in [1.54, 1.807) is 13.3 Å². The zero-order chi connectivity index (χ0) is 15.0. The third kappa shape index (κ3) is 2.68. The maximum Gasteiger partial charge on any atom is 0.161 e. The summed E-state index contributed by atoms with van der Waals surface area (Å²) in [5, 5.41) is 0. The van der Waals surface area contributed by atoms with Crippen LogP contribution in [0.5, 0.6) is 0 Å². The number of halogens is 2. The standard InChI is InChI=1S/C15H17F2N3O/c1-9-3-4-20(8-14(9)21-2)15-7-18-12-5-10(16)11(17)6-13(12)19-15/h5-7,9,14H,3-4,8H2,1-2H3. The lowest BCUT2D eigenvalue weighted by molar-refractivity contribution is 0.0496. The van der Waals surface area contributed by atoms with Gasteiger partial charge in [-0.1, -0.05) is 6.92 Å². The molecule has 1 saturated heterocycles. The zero-order valence-corrected chi connectivity index (χ0v) is 12.0.